The van der Waals surface area contributed by atoms with Gasteiger partial charge in [-0.1, -0.05) is 0 Å². The molecule has 0 radical (unpaired) electrons. The van der Waals surface area contributed by atoms with Crippen molar-refractivity contribution < 1.29 is 9.59 Å². The summed E-state index contributed by atoms with van der Waals surface area (Å²) >= 11 is 1.37. The van der Waals surface area contributed by atoms with Gasteiger partial charge in [0.1, 0.15) is 4.88 Å². The summed E-state index contributed by atoms with van der Waals surface area (Å²) in [6, 6.07) is 5.08. The van der Waals surface area contributed by atoms with Crippen molar-refractivity contribution in [2.75, 3.05) is 32.0 Å². The normalized spacial score (nSPS) is 17.3. The van der Waals surface area contributed by atoms with Gasteiger partial charge in [-0.2, -0.15) is 0 Å². The minimum atomic E-state index is -0.235. The van der Waals surface area contributed by atoms with Crippen LogP contribution in [0.1, 0.15) is 32.9 Å². The number of anilines is 1. The summed E-state index contributed by atoms with van der Waals surface area (Å²) in [4.78, 5) is 31.6. The quantitative estimate of drug-likeness (QED) is 0.861. The summed E-state index contributed by atoms with van der Waals surface area (Å²) in [5, 5.41) is 7.87. The molecule has 2 amide bonds. The number of aromatic nitrogens is 1. The molecule has 1 atom stereocenters. The van der Waals surface area contributed by atoms with Gasteiger partial charge in [0.15, 0.2) is 0 Å². The Morgan fingerprint density at radius 1 is 1.32 bits per heavy atom. The Morgan fingerprint density at radius 2 is 2.12 bits per heavy atom. The number of hydrogen-bond donors (Lipinski definition) is 2. The Hall–Kier alpha value is -2.25. The smallest absolute Gasteiger partial charge is 0.266 e. The number of carbonyl (C=O) groups excluding carboxylic acids is 2. The van der Waals surface area contributed by atoms with E-state index in [0.717, 1.165) is 32.5 Å². The van der Waals surface area contributed by atoms with E-state index in [1.165, 1.54) is 11.3 Å². The first-order valence-corrected chi connectivity index (χ1v) is 9.29. The van der Waals surface area contributed by atoms with Crippen molar-refractivity contribution in [3.63, 3.8) is 0 Å². The van der Waals surface area contributed by atoms with Gasteiger partial charge in [0.05, 0.1) is 5.69 Å². The van der Waals surface area contributed by atoms with Crippen molar-refractivity contribution >= 4 is 28.8 Å². The highest BCUT2D eigenvalue weighted by molar-refractivity contribution is 7.12. The second kappa shape index (κ2) is 8.22. The molecule has 0 aromatic carbocycles. The largest absolute Gasteiger partial charge is 0.338 e. The van der Waals surface area contributed by atoms with Gasteiger partial charge in [-0.05, 0) is 55.9 Å². The van der Waals surface area contributed by atoms with Crippen LogP contribution in [0.25, 0.3) is 0 Å². The Bertz CT molecular complexity index is 730. The zero-order chi connectivity index (χ0) is 17.6. The van der Waals surface area contributed by atoms with Gasteiger partial charge in [0.25, 0.3) is 11.8 Å². The van der Waals surface area contributed by atoms with Gasteiger partial charge < -0.3 is 15.5 Å². The van der Waals surface area contributed by atoms with Gasteiger partial charge in [0.2, 0.25) is 0 Å². The highest BCUT2D eigenvalue weighted by Gasteiger charge is 2.26. The third-order valence-corrected chi connectivity index (χ3v) is 5.25. The highest BCUT2D eigenvalue weighted by atomic mass is 32.1. The minimum absolute atomic E-state index is 0.000770. The number of nitrogens with one attached hydrogen (secondary N) is 2. The lowest BCUT2D eigenvalue weighted by Crippen LogP contribution is -2.42. The van der Waals surface area contributed by atoms with Crippen LogP contribution in [0.5, 0.6) is 0 Å². The molecule has 0 spiro atoms. The van der Waals surface area contributed by atoms with Gasteiger partial charge in [0, 0.05) is 31.0 Å². The molecular weight excluding hydrogens is 336 g/mol. The molecule has 25 heavy (non-hydrogen) atoms. The van der Waals surface area contributed by atoms with E-state index in [1.807, 2.05) is 17.3 Å². The molecular formula is C18H22N4O2S. The van der Waals surface area contributed by atoms with Crippen molar-refractivity contribution in [2.45, 2.75) is 12.8 Å². The average molecular weight is 358 g/mol. The maximum absolute atomic E-state index is 12.9. The lowest BCUT2D eigenvalue weighted by atomic mass is 9.98. The van der Waals surface area contributed by atoms with Gasteiger partial charge in [-0.25, -0.2) is 0 Å². The summed E-state index contributed by atoms with van der Waals surface area (Å²) < 4.78 is 0. The Balaban J connectivity index is 1.70. The fraction of sp³-hybridized carbons (Fsp3) is 0.389. The van der Waals surface area contributed by atoms with E-state index in [-0.39, 0.29) is 11.8 Å². The Morgan fingerprint density at radius 3 is 2.88 bits per heavy atom. The van der Waals surface area contributed by atoms with Crippen LogP contribution < -0.4 is 10.6 Å². The van der Waals surface area contributed by atoms with Crippen LogP contribution in [0.2, 0.25) is 0 Å². The first kappa shape index (κ1) is 17.6. The summed E-state index contributed by atoms with van der Waals surface area (Å²) in [5.74, 6) is 0.250. The number of thiophene rings is 1. The molecule has 3 rings (SSSR count). The number of rotatable bonds is 5. The molecule has 0 aliphatic carbocycles. The van der Waals surface area contributed by atoms with Gasteiger partial charge >= 0.3 is 0 Å². The number of carbonyl (C=O) groups is 2. The van der Waals surface area contributed by atoms with Crippen LogP contribution >= 0.6 is 11.3 Å². The number of hydrogen-bond acceptors (Lipinski definition) is 5. The zero-order valence-corrected chi connectivity index (χ0v) is 15.0. The van der Waals surface area contributed by atoms with Crippen LogP contribution in [0, 0.1) is 5.92 Å². The van der Waals surface area contributed by atoms with Crippen molar-refractivity contribution in [3.05, 3.63) is 46.4 Å². The third-order valence-electron chi connectivity index (χ3n) is 4.35. The lowest BCUT2D eigenvalue weighted by Gasteiger charge is -2.32. The Labute approximate surface area is 151 Å². The van der Waals surface area contributed by atoms with E-state index in [0.29, 0.717) is 22.0 Å². The van der Waals surface area contributed by atoms with Crippen LogP contribution in [-0.4, -0.2) is 48.4 Å². The Kier molecular flexibility index (Phi) is 5.78. The maximum atomic E-state index is 12.9. The average Bonchev–Trinajstić information content (AvgIpc) is 3.10. The summed E-state index contributed by atoms with van der Waals surface area (Å²) in [7, 11) is 1.94. The predicted molar refractivity (Wildman–Crippen MR) is 99.1 cm³/mol. The topological polar surface area (TPSA) is 74.3 Å². The van der Waals surface area contributed by atoms with Crippen molar-refractivity contribution in [2.24, 2.45) is 5.92 Å². The molecule has 1 aliphatic heterocycles. The maximum Gasteiger partial charge on any atom is 0.266 e. The molecule has 6 nitrogen and oxygen atoms in total. The van der Waals surface area contributed by atoms with E-state index in [4.69, 9.17) is 0 Å². The van der Waals surface area contributed by atoms with Gasteiger partial charge in [-0.15, -0.1) is 11.3 Å². The second-order valence-corrected chi connectivity index (χ2v) is 7.09. The molecule has 0 saturated carbocycles. The molecule has 1 saturated heterocycles. The molecule has 2 aromatic rings. The SMILES string of the molecule is CNCC1CCCN(C(=O)c2sccc2NC(=O)c2ccncc2)C1. The molecule has 2 N–H and O–H groups in total. The molecule has 1 fully saturated rings. The highest BCUT2D eigenvalue weighted by Crippen LogP contribution is 2.27. The van der Waals surface area contributed by atoms with Gasteiger partial charge in [-0.3, -0.25) is 14.6 Å². The molecule has 3 heterocycles. The van der Waals surface area contributed by atoms with Crippen molar-refractivity contribution in [1.82, 2.24) is 15.2 Å². The number of amides is 2. The predicted octanol–water partition coefficient (Wildman–Crippen LogP) is 2.47. The number of piperidine rings is 1. The minimum Gasteiger partial charge on any atom is -0.338 e. The molecule has 2 aromatic heterocycles. The molecule has 132 valence electrons. The standard InChI is InChI=1S/C18H22N4O2S/c1-19-11-13-3-2-9-22(12-13)18(24)16-15(6-10-25-16)21-17(23)14-4-7-20-8-5-14/h4-8,10,13,19H,2-3,9,11-12H2,1H3,(H,21,23). The lowest BCUT2D eigenvalue weighted by molar-refractivity contribution is 0.0680. The molecule has 1 unspecified atom stereocenters. The van der Waals surface area contributed by atoms with Crippen molar-refractivity contribution in [1.29, 1.82) is 0 Å². The molecule has 1 aliphatic rings. The molecule has 0 bridgehead atoms. The fourth-order valence-corrected chi connectivity index (χ4v) is 3.94. The number of likely N-dealkylation sites (tertiary alicyclic amines) is 1. The van der Waals surface area contributed by atoms with Crippen molar-refractivity contribution in [3.8, 4) is 0 Å². The summed E-state index contributed by atoms with van der Waals surface area (Å²) in [5.41, 5.74) is 1.10. The summed E-state index contributed by atoms with van der Waals surface area (Å²) in [6.45, 7) is 2.45. The van der Waals surface area contributed by atoms with Crippen LogP contribution in [-0.2, 0) is 0 Å². The monoisotopic (exact) mass is 358 g/mol. The second-order valence-electron chi connectivity index (χ2n) is 6.17. The van der Waals surface area contributed by atoms with E-state index in [9.17, 15) is 9.59 Å². The third kappa shape index (κ3) is 4.24. The fourth-order valence-electron chi connectivity index (χ4n) is 3.12. The van der Waals surface area contributed by atoms with E-state index in [2.05, 4.69) is 15.6 Å². The van der Waals surface area contributed by atoms with Crippen LogP contribution in [0.3, 0.4) is 0 Å². The van der Waals surface area contributed by atoms with E-state index < -0.39 is 0 Å². The number of pyridine rings is 1. The first-order valence-electron chi connectivity index (χ1n) is 8.41. The zero-order valence-electron chi connectivity index (χ0n) is 14.2. The van der Waals surface area contributed by atoms with Crippen LogP contribution in [0.4, 0.5) is 5.69 Å². The number of nitrogens with zero attached hydrogens (tertiary/aromatic N) is 2. The summed E-state index contributed by atoms with van der Waals surface area (Å²) in [6.07, 6.45) is 5.30. The van der Waals surface area contributed by atoms with E-state index in [1.54, 1.807) is 30.6 Å². The van der Waals surface area contributed by atoms with Crippen LogP contribution in [0.15, 0.2) is 36.0 Å². The first-order chi connectivity index (χ1) is 12.2. The molecule has 7 heteroatoms. The van der Waals surface area contributed by atoms with E-state index >= 15 is 0 Å².